The maximum Gasteiger partial charge on any atom is 0.490 e. The van der Waals surface area contributed by atoms with E-state index in [2.05, 4.69) is 22.0 Å². The fourth-order valence-electron chi connectivity index (χ4n) is 4.17. The summed E-state index contributed by atoms with van der Waals surface area (Å²) in [6.07, 6.45) is -1.62. The number of carbonyl (C=O) groups excluding carboxylic acids is 1. The van der Waals surface area contributed by atoms with Crippen molar-refractivity contribution >= 4 is 23.2 Å². The average molecular weight is 486 g/mol. The first kappa shape index (κ1) is 25.0. The van der Waals surface area contributed by atoms with Crippen molar-refractivity contribution in [1.29, 1.82) is 0 Å². The van der Waals surface area contributed by atoms with Crippen molar-refractivity contribution in [2.24, 2.45) is 5.41 Å². The van der Waals surface area contributed by atoms with Gasteiger partial charge in [0.15, 0.2) is 0 Å². The van der Waals surface area contributed by atoms with Crippen LogP contribution in [0.5, 0.6) is 5.75 Å². The molecular weight excluding hydrogens is 459 g/mol. The molecule has 0 aliphatic carbocycles. The van der Waals surface area contributed by atoms with Gasteiger partial charge in [-0.25, -0.2) is 9.78 Å². The number of thiazole rings is 1. The second-order valence-corrected chi connectivity index (χ2v) is 9.00. The molecule has 2 aliphatic heterocycles. The highest BCUT2D eigenvalue weighted by atomic mass is 32.1. The first-order valence-electron chi connectivity index (χ1n) is 10.4. The number of nitrogens with zero attached hydrogens (tertiary/aromatic N) is 3. The Hall–Kier alpha value is -2.66. The van der Waals surface area contributed by atoms with E-state index in [9.17, 15) is 18.0 Å². The highest BCUT2D eigenvalue weighted by molar-refractivity contribution is 7.07. The summed E-state index contributed by atoms with van der Waals surface area (Å²) >= 11 is 1.48. The second-order valence-electron chi connectivity index (χ2n) is 8.28. The number of benzene rings is 1. The molecule has 7 nitrogen and oxygen atoms in total. The van der Waals surface area contributed by atoms with Crippen molar-refractivity contribution in [2.75, 3.05) is 33.3 Å². The molecule has 1 amide bonds. The van der Waals surface area contributed by atoms with E-state index < -0.39 is 12.1 Å². The number of alkyl halides is 3. The highest BCUT2D eigenvalue weighted by Gasteiger charge is 2.42. The van der Waals surface area contributed by atoms with Crippen molar-refractivity contribution in [2.45, 2.75) is 32.0 Å². The third kappa shape index (κ3) is 6.67. The molecule has 33 heavy (non-hydrogen) atoms. The van der Waals surface area contributed by atoms with Gasteiger partial charge >= 0.3 is 12.1 Å². The Morgan fingerprint density at radius 2 is 1.76 bits per heavy atom. The van der Waals surface area contributed by atoms with E-state index in [0.29, 0.717) is 11.1 Å². The van der Waals surface area contributed by atoms with Gasteiger partial charge in [0.05, 0.1) is 12.6 Å². The van der Waals surface area contributed by atoms with Crippen LogP contribution in [-0.2, 0) is 11.3 Å². The Morgan fingerprint density at radius 3 is 2.27 bits per heavy atom. The van der Waals surface area contributed by atoms with Crippen LogP contribution in [-0.4, -0.2) is 71.2 Å². The number of carbonyl (C=O) groups is 2. The fourth-order valence-corrected chi connectivity index (χ4v) is 4.70. The minimum Gasteiger partial charge on any atom is -0.497 e. The normalized spacial score (nSPS) is 18.0. The Morgan fingerprint density at radius 1 is 1.15 bits per heavy atom. The minimum absolute atomic E-state index is 0.101. The number of halogens is 3. The predicted octanol–water partition coefficient (Wildman–Crippen LogP) is 3.91. The zero-order valence-electron chi connectivity index (χ0n) is 18.2. The van der Waals surface area contributed by atoms with Gasteiger partial charge in [-0.1, -0.05) is 12.1 Å². The number of carboxylic acid groups (broad SMARTS) is 1. The van der Waals surface area contributed by atoms with Crippen LogP contribution in [0.1, 0.15) is 35.3 Å². The van der Waals surface area contributed by atoms with Crippen LogP contribution in [0, 0.1) is 5.41 Å². The number of piperidine rings is 1. The molecule has 1 spiro atoms. The zero-order valence-corrected chi connectivity index (χ0v) is 19.0. The van der Waals surface area contributed by atoms with Gasteiger partial charge < -0.3 is 14.7 Å². The molecule has 0 unspecified atom stereocenters. The quantitative estimate of drug-likeness (QED) is 0.707. The third-order valence-electron chi connectivity index (χ3n) is 6.10. The number of aliphatic carboxylic acids is 1. The molecule has 180 valence electrons. The molecule has 1 aromatic heterocycles. The molecule has 0 saturated carbocycles. The first-order chi connectivity index (χ1) is 15.6. The van der Waals surface area contributed by atoms with E-state index in [1.807, 2.05) is 22.4 Å². The molecule has 0 atom stereocenters. The van der Waals surface area contributed by atoms with Gasteiger partial charge in [-0.15, -0.1) is 11.3 Å². The van der Waals surface area contributed by atoms with Crippen molar-refractivity contribution in [3.8, 4) is 5.75 Å². The number of aromatic nitrogens is 1. The lowest BCUT2D eigenvalue weighted by Crippen LogP contribution is -2.42. The Kier molecular flexibility index (Phi) is 7.96. The van der Waals surface area contributed by atoms with E-state index in [4.69, 9.17) is 14.6 Å². The van der Waals surface area contributed by atoms with Gasteiger partial charge in [-0.05, 0) is 55.5 Å². The number of ether oxygens (including phenoxy) is 1. The number of carboxylic acids is 1. The molecule has 11 heteroatoms. The number of hydrogen-bond acceptors (Lipinski definition) is 6. The SMILES string of the molecule is COc1ccc(CN2CCC3(CC2)CCN(C(=O)c2cscn2)C3)cc1.O=C(O)C(F)(F)F. The summed E-state index contributed by atoms with van der Waals surface area (Å²) in [6.45, 7) is 4.95. The van der Waals surface area contributed by atoms with E-state index in [0.717, 1.165) is 44.9 Å². The van der Waals surface area contributed by atoms with Gasteiger partial charge in [0.25, 0.3) is 5.91 Å². The van der Waals surface area contributed by atoms with Crippen molar-refractivity contribution in [3.05, 3.63) is 46.4 Å². The zero-order chi connectivity index (χ0) is 24.1. The Labute approximate surface area is 193 Å². The lowest BCUT2D eigenvalue weighted by Gasteiger charge is -2.39. The molecule has 0 bridgehead atoms. The van der Waals surface area contributed by atoms with Crippen LogP contribution in [0.3, 0.4) is 0 Å². The summed E-state index contributed by atoms with van der Waals surface area (Å²) in [4.78, 5) is 30.1. The van der Waals surface area contributed by atoms with Crippen molar-refractivity contribution in [1.82, 2.24) is 14.8 Å². The molecule has 1 aromatic carbocycles. The monoisotopic (exact) mass is 485 g/mol. The molecule has 2 saturated heterocycles. The lowest BCUT2D eigenvalue weighted by atomic mass is 9.77. The average Bonchev–Trinajstić information content (AvgIpc) is 3.46. The van der Waals surface area contributed by atoms with Gasteiger partial charge in [-0.3, -0.25) is 9.69 Å². The number of likely N-dealkylation sites (tertiary alicyclic amines) is 2. The number of amides is 1. The summed E-state index contributed by atoms with van der Waals surface area (Å²) in [5, 5.41) is 8.98. The molecule has 2 aromatic rings. The molecule has 0 radical (unpaired) electrons. The summed E-state index contributed by atoms with van der Waals surface area (Å²) in [5.41, 5.74) is 3.97. The van der Waals surface area contributed by atoms with Crippen LogP contribution in [0.25, 0.3) is 0 Å². The third-order valence-corrected chi connectivity index (χ3v) is 6.69. The maximum absolute atomic E-state index is 12.5. The molecule has 2 aliphatic rings. The second kappa shape index (κ2) is 10.5. The van der Waals surface area contributed by atoms with E-state index >= 15 is 0 Å². The lowest BCUT2D eigenvalue weighted by molar-refractivity contribution is -0.192. The smallest absolute Gasteiger partial charge is 0.490 e. The van der Waals surface area contributed by atoms with Crippen LogP contribution >= 0.6 is 11.3 Å². The standard InChI is InChI=1S/C20H25N3O2S.C2HF3O2/c1-25-17-4-2-16(3-5-17)12-22-9-6-20(7-10-22)8-11-23(14-20)19(24)18-13-26-15-21-18;3-2(4,5)1(6)7/h2-5,13,15H,6-12,14H2,1H3;(H,6,7). The van der Waals surface area contributed by atoms with Crippen LogP contribution in [0.15, 0.2) is 35.2 Å². The Balaban J connectivity index is 0.000000383. The molecule has 3 heterocycles. The number of methoxy groups -OCH3 is 1. The van der Waals surface area contributed by atoms with Gasteiger partial charge in [-0.2, -0.15) is 13.2 Å². The van der Waals surface area contributed by atoms with Crippen LogP contribution in [0.2, 0.25) is 0 Å². The maximum atomic E-state index is 12.5. The van der Waals surface area contributed by atoms with Gasteiger partial charge in [0.1, 0.15) is 11.4 Å². The molecule has 2 fully saturated rings. The summed E-state index contributed by atoms with van der Waals surface area (Å²) in [6, 6.07) is 8.35. The van der Waals surface area contributed by atoms with E-state index in [1.54, 1.807) is 12.6 Å². The molecular formula is C22H26F3N3O4S. The molecule has 1 N–H and O–H groups in total. The molecule has 4 rings (SSSR count). The van der Waals surface area contributed by atoms with Crippen molar-refractivity contribution in [3.63, 3.8) is 0 Å². The topological polar surface area (TPSA) is 83.0 Å². The first-order valence-corrected chi connectivity index (χ1v) is 11.4. The number of hydrogen-bond donors (Lipinski definition) is 1. The predicted molar refractivity (Wildman–Crippen MR) is 116 cm³/mol. The fraction of sp³-hybridized carbons (Fsp3) is 0.500. The van der Waals surface area contributed by atoms with E-state index in [1.165, 1.54) is 29.7 Å². The minimum atomic E-state index is -5.08. The van der Waals surface area contributed by atoms with Gasteiger partial charge in [0, 0.05) is 25.0 Å². The number of rotatable bonds is 4. The summed E-state index contributed by atoms with van der Waals surface area (Å²) in [5.74, 6) is -1.75. The van der Waals surface area contributed by atoms with E-state index in [-0.39, 0.29) is 5.91 Å². The summed E-state index contributed by atoms with van der Waals surface area (Å²) in [7, 11) is 1.70. The summed E-state index contributed by atoms with van der Waals surface area (Å²) < 4.78 is 37.0. The largest absolute Gasteiger partial charge is 0.497 e. The van der Waals surface area contributed by atoms with Crippen molar-refractivity contribution < 1.29 is 32.6 Å². The van der Waals surface area contributed by atoms with Crippen LogP contribution in [0.4, 0.5) is 13.2 Å². The Bertz CT molecular complexity index is 927. The van der Waals surface area contributed by atoms with Crippen LogP contribution < -0.4 is 4.74 Å². The van der Waals surface area contributed by atoms with Gasteiger partial charge in [0.2, 0.25) is 0 Å². The highest BCUT2D eigenvalue weighted by Crippen LogP contribution is 2.41.